The van der Waals surface area contributed by atoms with Gasteiger partial charge in [0.25, 0.3) is 0 Å². The van der Waals surface area contributed by atoms with E-state index in [0.29, 0.717) is 5.56 Å². The third-order valence-corrected chi connectivity index (χ3v) is 13.2. The van der Waals surface area contributed by atoms with Gasteiger partial charge in [0.05, 0.1) is 28.1 Å². The van der Waals surface area contributed by atoms with Crippen LogP contribution >= 0.6 is 23.5 Å². The second kappa shape index (κ2) is 11.4. The van der Waals surface area contributed by atoms with Gasteiger partial charge in [0.15, 0.2) is 0 Å². The summed E-state index contributed by atoms with van der Waals surface area (Å²) in [7, 11) is 0. The number of hydrogen-bond donors (Lipinski definition) is 0. The quantitative estimate of drug-likeness (QED) is 0.131. The molecule has 0 aliphatic carbocycles. The van der Waals surface area contributed by atoms with Crippen molar-refractivity contribution in [1.29, 1.82) is 5.26 Å². The van der Waals surface area contributed by atoms with Crippen molar-refractivity contribution in [2.24, 2.45) is 0 Å². The Bertz CT molecular complexity index is 3240. The first-order valence-electron chi connectivity index (χ1n) is 18.2. The van der Waals surface area contributed by atoms with Crippen LogP contribution in [0.1, 0.15) is 29.3 Å². The van der Waals surface area contributed by atoms with E-state index in [-0.39, 0.29) is 6.85 Å². The number of nitrogens with zero attached hydrogens (tertiary/aromatic N) is 3. The Morgan fingerprint density at radius 1 is 0.833 bits per heavy atom. The Hall–Kier alpha value is -5.81. The normalized spacial score (nSPS) is 12.9. The monoisotopic (exact) mass is 729 g/mol. The van der Waals surface area contributed by atoms with Gasteiger partial charge < -0.3 is 13.5 Å². The van der Waals surface area contributed by atoms with E-state index in [1.165, 1.54) is 70.4 Å². The van der Waals surface area contributed by atoms with E-state index in [1.54, 1.807) is 23.5 Å². The molecule has 2 aliphatic rings. The largest absolute Gasteiger partial charge is 0.455 e. The highest BCUT2D eigenvalue weighted by Gasteiger charge is 2.44. The molecule has 0 unspecified atom stereocenters. The zero-order valence-electron chi connectivity index (χ0n) is 30.2. The van der Waals surface area contributed by atoms with Gasteiger partial charge in [0, 0.05) is 59.4 Å². The first-order chi connectivity index (χ1) is 26.5. The van der Waals surface area contributed by atoms with Crippen molar-refractivity contribution in [2.45, 2.75) is 23.6 Å². The molecule has 0 saturated heterocycles. The van der Waals surface area contributed by atoms with Crippen LogP contribution in [0.15, 0.2) is 118 Å². The fourth-order valence-electron chi connectivity index (χ4n) is 9.61. The van der Waals surface area contributed by atoms with Crippen LogP contribution in [0.5, 0.6) is 0 Å². The van der Waals surface area contributed by atoms with Crippen molar-refractivity contribution in [1.82, 2.24) is 9.05 Å². The summed E-state index contributed by atoms with van der Waals surface area (Å²) in [5.74, 6) is 0. The van der Waals surface area contributed by atoms with E-state index < -0.39 is 0 Å². The number of nitriles is 1. The smallest absolute Gasteiger partial charge is 0.333 e. The van der Waals surface area contributed by atoms with Crippen molar-refractivity contribution in [2.75, 3.05) is 12.5 Å². The highest BCUT2D eigenvalue weighted by atomic mass is 32.2. The van der Waals surface area contributed by atoms with Gasteiger partial charge in [-0.3, -0.25) is 0 Å². The van der Waals surface area contributed by atoms with Crippen LogP contribution in [0.25, 0.3) is 94.7 Å². The summed E-state index contributed by atoms with van der Waals surface area (Å²) in [6.07, 6.45) is 10.7. The molecule has 3 aromatic heterocycles. The summed E-state index contributed by atoms with van der Waals surface area (Å²) in [5.41, 5.74) is 18.0. The third kappa shape index (κ3) is 3.92. The molecule has 2 aliphatic heterocycles. The van der Waals surface area contributed by atoms with Gasteiger partial charge in [0.2, 0.25) is 0 Å². The summed E-state index contributed by atoms with van der Waals surface area (Å²) >= 11 is 3.58. The molecule has 0 fully saturated rings. The number of benzene rings is 6. The Morgan fingerprint density at radius 3 is 2.39 bits per heavy atom. The van der Waals surface area contributed by atoms with Gasteiger partial charge in [-0.15, -0.1) is 23.5 Å². The topological polar surface area (TPSA) is 46.8 Å². The van der Waals surface area contributed by atoms with E-state index in [4.69, 9.17) is 4.42 Å². The second-order valence-corrected chi connectivity index (χ2v) is 16.0. The molecule has 7 heteroatoms. The van der Waals surface area contributed by atoms with Crippen molar-refractivity contribution in [3.63, 3.8) is 0 Å². The van der Waals surface area contributed by atoms with Crippen molar-refractivity contribution < 1.29 is 4.42 Å². The zero-order chi connectivity index (χ0) is 36.6. The summed E-state index contributed by atoms with van der Waals surface area (Å²) in [6, 6.07) is 35.3. The molecule has 5 heterocycles. The summed E-state index contributed by atoms with van der Waals surface area (Å²) in [6.45, 7) is 8.72. The number of thioether (sulfide) groups is 2. The van der Waals surface area contributed by atoms with Gasteiger partial charge in [-0.1, -0.05) is 49.1 Å². The number of fused-ring (bicyclic) bond motifs is 11. The van der Waals surface area contributed by atoms with E-state index in [0.717, 1.165) is 49.7 Å². The molecule has 0 amide bonds. The molecule has 256 valence electrons. The molecule has 0 bridgehead atoms. The lowest BCUT2D eigenvalue weighted by atomic mass is 9.45. The van der Waals surface area contributed by atoms with Crippen LogP contribution in [-0.4, -0.2) is 28.4 Å². The number of aromatic nitrogens is 2. The zero-order valence-corrected chi connectivity index (χ0v) is 31.9. The molecule has 9 aromatic rings. The highest BCUT2D eigenvalue weighted by Crippen LogP contribution is 2.50. The van der Waals surface area contributed by atoms with Crippen LogP contribution in [0.4, 0.5) is 0 Å². The van der Waals surface area contributed by atoms with Crippen LogP contribution in [-0.2, 0) is 0 Å². The minimum absolute atomic E-state index is 0.112. The highest BCUT2D eigenvalue weighted by molar-refractivity contribution is 7.98. The lowest BCUT2D eigenvalue weighted by molar-refractivity contribution is 0.672. The predicted molar refractivity (Wildman–Crippen MR) is 233 cm³/mol. The fourth-order valence-corrected chi connectivity index (χ4v) is 10.5. The molecule has 0 spiro atoms. The third-order valence-electron chi connectivity index (χ3n) is 11.8. The fraction of sp³-hybridized carbons (Fsp3) is 0.0851. The molecule has 0 radical (unpaired) electrons. The van der Waals surface area contributed by atoms with Gasteiger partial charge in [0.1, 0.15) is 11.2 Å². The average Bonchev–Trinajstić information content (AvgIpc) is 3.86. The van der Waals surface area contributed by atoms with Gasteiger partial charge in [-0.25, -0.2) is 0 Å². The Kier molecular flexibility index (Phi) is 6.66. The molecule has 6 aromatic carbocycles. The molecule has 11 rings (SSSR count). The van der Waals surface area contributed by atoms with Gasteiger partial charge in [-0.05, 0) is 126 Å². The Balaban J connectivity index is 1.42. The van der Waals surface area contributed by atoms with E-state index in [9.17, 15) is 5.26 Å². The Morgan fingerprint density at radius 2 is 1.63 bits per heavy atom. The number of furan rings is 1. The van der Waals surface area contributed by atoms with E-state index >= 15 is 0 Å². The minimum atomic E-state index is -0.112. The second-order valence-electron chi connectivity index (χ2n) is 14.3. The molecular weight excluding hydrogens is 697 g/mol. The molecule has 0 N–H and O–H groups in total. The van der Waals surface area contributed by atoms with Crippen LogP contribution < -0.4 is 10.9 Å². The predicted octanol–water partition coefficient (Wildman–Crippen LogP) is 11.6. The molecule has 54 heavy (non-hydrogen) atoms. The van der Waals surface area contributed by atoms with Crippen molar-refractivity contribution in [3.05, 3.63) is 126 Å². The molecule has 0 atom stereocenters. The summed E-state index contributed by atoms with van der Waals surface area (Å²) < 4.78 is 11.9. The van der Waals surface area contributed by atoms with Crippen LogP contribution in [0.2, 0.25) is 0 Å². The number of hydrogen-bond acceptors (Lipinski definition) is 4. The van der Waals surface area contributed by atoms with Crippen molar-refractivity contribution >= 4 is 108 Å². The van der Waals surface area contributed by atoms with Crippen molar-refractivity contribution in [3.8, 4) is 34.0 Å². The van der Waals surface area contributed by atoms with Gasteiger partial charge >= 0.3 is 6.85 Å². The lowest BCUT2D eigenvalue weighted by Crippen LogP contribution is -2.56. The Labute approximate surface area is 321 Å². The summed E-state index contributed by atoms with van der Waals surface area (Å²) in [4.78, 5) is 2.50. The number of allylic oxidation sites excluding steroid dienone is 1. The van der Waals surface area contributed by atoms with Gasteiger partial charge in [-0.2, -0.15) is 5.26 Å². The minimum Gasteiger partial charge on any atom is -0.455 e. The van der Waals surface area contributed by atoms with Crippen LogP contribution in [0.3, 0.4) is 0 Å². The average molecular weight is 730 g/mol. The van der Waals surface area contributed by atoms with E-state index in [2.05, 4.69) is 133 Å². The van der Waals surface area contributed by atoms with Crippen LogP contribution in [0, 0.1) is 18.3 Å². The maximum Gasteiger partial charge on any atom is 0.333 e. The standard InChI is InChI=1S/C47H32BN3OS2/c1-6-10-31-38(7-2)51-46-36(22-35-30-11-8-9-12-41(30)52-47(35)43(31)46)42-25(3)32(27-15-13-26(24-49)14-16-27)23-40-44(42)48(51)37-21-29(54-5)20-34-33-19-28(53-4)17-18-39(33)50(40)45(34)37/h6-23H,2H2,1,3-5H3/b10-6-. The number of para-hydroxylation sites is 1. The first-order valence-corrected chi connectivity index (χ1v) is 20.6. The molecule has 4 nitrogen and oxygen atoms in total. The lowest BCUT2D eigenvalue weighted by Gasteiger charge is -2.36. The maximum atomic E-state index is 9.69. The SMILES string of the molecule is C=Cc1c(/C=C\C)c2c3oc4ccccc4c3cc3c2n1B1c2c(cc(-c4ccc(C#N)cc4)c(C)c2-3)-n2c3ccc(SC)cc3c3cc(SC)cc1c32. The van der Waals surface area contributed by atoms with E-state index in [1.807, 2.05) is 24.3 Å². The number of rotatable bonds is 5. The maximum absolute atomic E-state index is 9.69. The first kappa shape index (κ1) is 31.7. The molecular formula is C47H32BN3OS2. The molecule has 0 saturated carbocycles. The summed E-state index contributed by atoms with van der Waals surface area (Å²) in [5, 5.41) is 15.6.